The minimum atomic E-state index is -3.87. The Bertz CT molecular complexity index is 1180. The van der Waals surface area contributed by atoms with E-state index in [1.165, 1.54) is 24.3 Å². The maximum atomic E-state index is 13.8. The monoisotopic (exact) mass is 471 g/mol. The van der Waals surface area contributed by atoms with Gasteiger partial charge in [0.1, 0.15) is 5.75 Å². The van der Waals surface area contributed by atoms with E-state index >= 15 is 0 Å². The van der Waals surface area contributed by atoms with Crippen LogP contribution in [-0.4, -0.2) is 13.5 Å². The van der Waals surface area contributed by atoms with Crippen molar-refractivity contribution in [1.82, 2.24) is 0 Å². The van der Waals surface area contributed by atoms with Gasteiger partial charge < -0.3 is 5.11 Å². The number of sulfonamides is 1. The third kappa shape index (κ3) is 3.34. The van der Waals surface area contributed by atoms with Gasteiger partial charge in [-0.15, -0.1) is 0 Å². The van der Waals surface area contributed by atoms with Crippen LogP contribution >= 0.6 is 15.9 Å². The molecule has 0 bridgehead atoms. The fourth-order valence-electron chi connectivity index (χ4n) is 3.98. The molecule has 0 saturated carbocycles. The lowest BCUT2D eigenvalue weighted by atomic mass is 9.77. The lowest BCUT2D eigenvalue weighted by Crippen LogP contribution is -2.43. The molecule has 3 aromatic rings. The van der Waals surface area contributed by atoms with E-state index in [4.69, 9.17) is 0 Å². The molecule has 1 aliphatic heterocycles. The van der Waals surface area contributed by atoms with E-state index in [0.29, 0.717) is 5.69 Å². The largest absolute Gasteiger partial charge is 0.508 e. The van der Waals surface area contributed by atoms with Crippen LogP contribution in [0.25, 0.3) is 11.1 Å². The predicted octanol–water partition coefficient (Wildman–Crippen LogP) is 6.12. The van der Waals surface area contributed by atoms with Gasteiger partial charge in [-0.05, 0) is 59.0 Å². The van der Waals surface area contributed by atoms with Crippen LogP contribution in [0, 0.1) is 5.41 Å². The average Bonchev–Trinajstić information content (AvgIpc) is 2.66. The second kappa shape index (κ2) is 6.89. The molecule has 0 radical (unpaired) electrons. The van der Waals surface area contributed by atoms with Gasteiger partial charge >= 0.3 is 0 Å². The molecule has 0 saturated heterocycles. The maximum absolute atomic E-state index is 13.8. The summed E-state index contributed by atoms with van der Waals surface area (Å²) in [4.78, 5) is 0.151. The fourth-order valence-corrected chi connectivity index (χ4v) is 6.17. The Hall–Kier alpha value is -2.31. The summed E-state index contributed by atoms with van der Waals surface area (Å²) >= 11 is 3.52. The predicted molar refractivity (Wildman–Crippen MR) is 120 cm³/mol. The molecule has 1 aliphatic rings. The Morgan fingerprint density at radius 3 is 2.24 bits per heavy atom. The van der Waals surface area contributed by atoms with Crippen molar-refractivity contribution in [2.75, 3.05) is 4.31 Å². The molecule has 3 aromatic carbocycles. The van der Waals surface area contributed by atoms with Crippen molar-refractivity contribution in [3.8, 4) is 16.9 Å². The van der Waals surface area contributed by atoms with Gasteiger partial charge in [0.15, 0.2) is 0 Å². The highest BCUT2D eigenvalue weighted by molar-refractivity contribution is 9.10. The van der Waals surface area contributed by atoms with Gasteiger partial charge in [-0.1, -0.05) is 61.0 Å². The summed E-state index contributed by atoms with van der Waals surface area (Å²) in [5, 5.41) is 9.62. The zero-order valence-electron chi connectivity index (χ0n) is 16.4. The van der Waals surface area contributed by atoms with E-state index < -0.39 is 10.0 Å². The van der Waals surface area contributed by atoms with E-state index in [2.05, 4.69) is 36.7 Å². The molecule has 1 heterocycles. The van der Waals surface area contributed by atoms with Gasteiger partial charge in [0.25, 0.3) is 10.0 Å². The number of benzene rings is 3. The Morgan fingerprint density at radius 2 is 1.59 bits per heavy atom. The number of anilines is 1. The second-order valence-electron chi connectivity index (χ2n) is 8.31. The molecule has 0 aromatic heterocycles. The van der Waals surface area contributed by atoms with Crippen LogP contribution in [-0.2, 0) is 10.0 Å². The first kappa shape index (κ1) is 20.0. The molecule has 1 atom stereocenters. The summed E-state index contributed by atoms with van der Waals surface area (Å²) in [5.41, 5.74) is 3.19. The van der Waals surface area contributed by atoms with Crippen LogP contribution < -0.4 is 4.31 Å². The summed E-state index contributed by atoms with van der Waals surface area (Å²) in [6.07, 6.45) is 0. The molecule has 0 fully saturated rings. The van der Waals surface area contributed by atoms with Crippen molar-refractivity contribution >= 4 is 31.6 Å². The highest BCUT2D eigenvalue weighted by Crippen LogP contribution is 2.53. The van der Waals surface area contributed by atoms with Gasteiger partial charge in [-0.3, -0.25) is 4.31 Å². The van der Waals surface area contributed by atoms with Crippen molar-refractivity contribution < 1.29 is 13.5 Å². The van der Waals surface area contributed by atoms with Crippen molar-refractivity contribution in [1.29, 1.82) is 0 Å². The number of nitrogens with zero attached hydrogens (tertiary/aromatic N) is 1. The van der Waals surface area contributed by atoms with Crippen molar-refractivity contribution in [3.05, 3.63) is 76.8 Å². The number of fused-ring (bicyclic) bond motifs is 3. The van der Waals surface area contributed by atoms with Crippen molar-refractivity contribution in [2.45, 2.75) is 31.7 Å². The molecule has 1 N–H and O–H groups in total. The summed E-state index contributed by atoms with van der Waals surface area (Å²) in [6, 6.07) is 19.0. The number of phenolic OH excluding ortho intramolecular Hbond substituents is 1. The third-order valence-corrected chi connectivity index (χ3v) is 7.48. The lowest BCUT2D eigenvalue weighted by Gasteiger charge is -2.45. The highest BCUT2D eigenvalue weighted by Gasteiger charge is 2.44. The van der Waals surface area contributed by atoms with E-state index in [0.717, 1.165) is 21.2 Å². The number of phenols is 1. The Labute approximate surface area is 180 Å². The Balaban J connectivity index is 2.05. The number of halogens is 1. The molecule has 29 heavy (non-hydrogen) atoms. The van der Waals surface area contributed by atoms with Crippen molar-refractivity contribution in [3.63, 3.8) is 0 Å². The van der Waals surface area contributed by atoms with Crippen LogP contribution in [0.15, 0.2) is 76.1 Å². The first-order valence-electron chi connectivity index (χ1n) is 9.33. The molecule has 1 unspecified atom stereocenters. The summed E-state index contributed by atoms with van der Waals surface area (Å²) in [5.74, 6) is 0.0321. The number of hydrogen-bond acceptors (Lipinski definition) is 3. The molecule has 0 spiro atoms. The van der Waals surface area contributed by atoms with E-state index in [1.54, 1.807) is 4.31 Å². The maximum Gasteiger partial charge on any atom is 0.264 e. The standard InChI is InChI=1S/C23H22BrNO3S/c1-23(2,3)22-19-7-5-4-6-18(19)20-14-15(24)8-13-21(20)25(22)29(27,28)17-11-9-16(26)10-12-17/h4-14,22,26H,1-3H3. The van der Waals surface area contributed by atoms with E-state index in [-0.39, 0.29) is 22.1 Å². The van der Waals surface area contributed by atoms with Crippen molar-refractivity contribution in [2.24, 2.45) is 5.41 Å². The SMILES string of the molecule is CC(C)(C)C1c2ccccc2-c2cc(Br)ccc2N1S(=O)(=O)c1ccc(O)cc1. The molecular formula is C23H22BrNO3S. The average molecular weight is 472 g/mol. The highest BCUT2D eigenvalue weighted by atomic mass is 79.9. The molecular weight excluding hydrogens is 450 g/mol. The molecule has 150 valence electrons. The molecule has 4 nitrogen and oxygen atoms in total. The van der Waals surface area contributed by atoms with Crippen LogP contribution in [0.5, 0.6) is 5.75 Å². The molecule has 0 aliphatic carbocycles. The summed E-state index contributed by atoms with van der Waals surface area (Å²) in [6.45, 7) is 6.16. The number of aromatic hydroxyl groups is 1. The zero-order chi connectivity index (χ0) is 21.0. The Morgan fingerprint density at radius 1 is 0.931 bits per heavy atom. The van der Waals surface area contributed by atoms with Crippen LogP contribution in [0.2, 0.25) is 0 Å². The minimum Gasteiger partial charge on any atom is -0.508 e. The number of rotatable bonds is 2. The summed E-state index contributed by atoms with van der Waals surface area (Å²) < 4.78 is 30.1. The van der Waals surface area contributed by atoms with Crippen LogP contribution in [0.4, 0.5) is 5.69 Å². The molecule has 6 heteroatoms. The smallest absolute Gasteiger partial charge is 0.264 e. The van der Waals surface area contributed by atoms with Gasteiger partial charge in [0.05, 0.1) is 16.6 Å². The van der Waals surface area contributed by atoms with Gasteiger partial charge in [-0.25, -0.2) is 8.42 Å². The first-order valence-corrected chi connectivity index (χ1v) is 11.6. The van der Waals surface area contributed by atoms with Gasteiger partial charge in [-0.2, -0.15) is 0 Å². The number of hydrogen-bond donors (Lipinski definition) is 1. The third-order valence-electron chi connectivity index (χ3n) is 5.19. The minimum absolute atomic E-state index is 0.0321. The van der Waals surface area contributed by atoms with Crippen LogP contribution in [0.1, 0.15) is 32.4 Å². The van der Waals surface area contributed by atoms with Gasteiger partial charge in [0.2, 0.25) is 0 Å². The second-order valence-corrected chi connectivity index (χ2v) is 11.0. The first-order chi connectivity index (χ1) is 13.6. The topological polar surface area (TPSA) is 57.6 Å². The van der Waals surface area contributed by atoms with E-state index in [9.17, 15) is 13.5 Å². The molecule has 4 rings (SSSR count). The zero-order valence-corrected chi connectivity index (χ0v) is 18.8. The molecule has 0 amide bonds. The quantitative estimate of drug-likeness (QED) is 0.489. The summed E-state index contributed by atoms with van der Waals surface area (Å²) in [7, 11) is -3.87. The van der Waals surface area contributed by atoms with E-state index in [1.807, 2.05) is 42.5 Å². The van der Waals surface area contributed by atoms with Gasteiger partial charge in [0, 0.05) is 10.0 Å². The Kier molecular flexibility index (Phi) is 4.74. The van der Waals surface area contributed by atoms with Crippen LogP contribution in [0.3, 0.4) is 0 Å². The fraction of sp³-hybridized carbons (Fsp3) is 0.217. The lowest BCUT2D eigenvalue weighted by molar-refractivity contribution is 0.327. The normalized spacial score (nSPS) is 16.3.